The van der Waals surface area contributed by atoms with Crippen LogP contribution in [0.4, 0.5) is 0 Å². The second kappa shape index (κ2) is 9.23. The molecule has 2 aromatic carbocycles. The Labute approximate surface area is 159 Å². The summed E-state index contributed by atoms with van der Waals surface area (Å²) in [6, 6.07) is 6.36. The topological polar surface area (TPSA) is 55.8 Å². The lowest BCUT2D eigenvalue weighted by atomic mass is 10.2. The van der Waals surface area contributed by atoms with Gasteiger partial charge in [0.2, 0.25) is 0 Å². The number of aromatic carboxylic acids is 1. The molecule has 0 fully saturated rings. The van der Waals surface area contributed by atoms with E-state index in [4.69, 9.17) is 61.0 Å². The summed E-state index contributed by atoms with van der Waals surface area (Å²) in [7, 11) is 2.91. The lowest BCUT2D eigenvalue weighted by Crippen LogP contribution is -2.01. The van der Waals surface area contributed by atoms with Crippen molar-refractivity contribution in [3.63, 3.8) is 0 Å². The van der Waals surface area contributed by atoms with Crippen molar-refractivity contribution in [1.29, 1.82) is 0 Å². The molecule has 0 heterocycles. The van der Waals surface area contributed by atoms with E-state index in [-0.39, 0.29) is 21.4 Å². The van der Waals surface area contributed by atoms with Crippen LogP contribution in [0.25, 0.3) is 0 Å². The van der Waals surface area contributed by atoms with Gasteiger partial charge in [-0.1, -0.05) is 46.4 Å². The number of carboxylic acid groups (broad SMARTS) is 1. The maximum atomic E-state index is 10.7. The van der Waals surface area contributed by atoms with Crippen LogP contribution in [0.2, 0.25) is 20.1 Å². The van der Waals surface area contributed by atoms with Gasteiger partial charge in [0.05, 0.1) is 29.3 Å². The minimum atomic E-state index is -1.16. The largest absolute Gasteiger partial charge is 0.495 e. The standard InChI is InChI=1S/C8H6Cl2O3.C8H8Cl2O/c1-13-7-5(10)3-2-4(9)6(7)8(11)12;1-5-6(9)3-4-7(10)8(5)11-2/h2-3H,1H3,(H,11,12);3-4H,1-2H3. The molecular weight excluding hydrogens is 398 g/mol. The number of hydrogen-bond acceptors (Lipinski definition) is 3. The minimum Gasteiger partial charge on any atom is -0.495 e. The fourth-order valence-electron chi connectivity index (χ4n) is 1.82. The third-order valence-electron chi connectivity index (χ3n) is 2.97. The van der Waals surface area contributed by atoms with Crippen molar-refractivity contribution in [3.8, 4) is 11.5 Å². The molecule has 4 nitrogen and oxygen atoms in total. The zero-order valence-electron chi connectivity index (χ0n) is 13.0. The fraction of sp³-hybridized carbons (Fsp3) is 0.188. The molecule has 0 saturated heterocycles. The Balaban J connectivity index is 0.000000243. The highest BCUT2D eigenvalue weighted by Gasteiger charge is 2.18. The number of carbonyl (C=O) groups is 1. The number of ether oxygens (including phenoxy) is 2. The molecular formula is C16H14Cl4O4. The summed E-state index contributed by atoms with van der Waals surface area (Å²) in [6.07, 6.45) is 0. The van der Waals surface area contributed by atoms with E-state index in [1.165, 1.54) is 19.2 Å². The summed E-state index contributed by atoms with van der Waals surface area (Å²) >= 11 is 23.0. The molecule has 0 aromatic heterocycles. The monoisotopic (exact) mass is 410 g/mol. The maximum absolute atomic E-state index is 10.7. The van der Waals surface area contributed by atoms with E-state index in [9.17, 15) is 4.79 Å². The van der Waals surface area contributed by atoms with Crippen molar-refractivity contribution in [1.82, 2.24) is 0 Å². The first-order valence-corrected chi connectivity index (χ1v) is 7.99. The highest BCUT2D eigenvalue weighted by atomic mass is 35.5. The van der Waals surface area contributed by atoms with Crippen molar-refractivity contribution in [2.45, 2.75) is 6.92 Å². The highest BCUT2D eigenvalue weighted by molar-refractivity contribution is 6.37. The van der Waals surface area contributed by atoms with Gasteiger partial charge in [-0.15, -0.1) is 0 Å². The first-order valence-electron chi connectivity index (χ1n) is 6.48. The molecule has 0 aliphatic carbocycles. The van der Waals surface area contributed by atoms with Gasteiger partial charge in [0.15, 0.2) is 5.75 Å². The number of benzene rings is 2. The molecule has 0 bridgehead atoms. The number of hydrogen-bond donors (Lipinski definition) is 1. The van der Waals surface area contributed by atoms with Crippen LogP contribution in [0.3, 0.4) is 0 Å². The molecule has 0 aliphatic rings. The van der Waals surface area contributed by atoms with Crippen LogP contribution in [0, 0.1) is 6.92 Å². The van der Waals surface area contributed by atoms with Gasteiger partial charge >= 0.3 is 5.97 Å². The molecule has 0 radical (unpaired) electrons. The normalized spacial score (nSPS) is 9.79. The summed E-state index contributed by atoms with van der Waals surface area (Å²) in [5, 5.41) is 10.4. The zero-order valence-corrected chi connectivity index (χ0v) is 16.0. The van der Waals surface area contributed by atoms with E-state index in [2.05, 4.69) is 0 Å². The molecule has 130 valence electrons. The number of carboxylic acids is 1. The first kappa shape index (κ1) is 20.7. The van der Waals surface area contributed by atoms with Gasteiger partial charge in [-0.2, -0.15) is 0 Å². The quantitative estimate of drug-likeness (QED) is 0.671. The molecule has 24 heavy (non-hydrogen) atoms. The number of rotatable bonds is 3. The Bertz CT molecular complexity index is 747. The average molecular weight is 412 g/mol. The van der Waals surface area contributed by atoms with Crippen LogP contribution in [-0.2, 0) is 0 Å². The predicted molar refractivity (Wildman–Crippen MR) is 97.7 cm³/mol. The molecule has 0 saturated carbocycles. The van der Waals surface area contributed by atoms with Crippen LogP contribution < -0.4 is 9.47 Å². The van der Waals surface area contributed by atoms with E-state index in [1.807, 2.05) is 6.92 Å². The molecule has 0 spiro atoms. The predicted octanol–water partition coefficient (Wildman–Crippen LogP) is 6.01. The minimum absolute atomic E-state index is 0.0849. The smallest absolute Gasteiger partial charge is 0.341 e. The van der Waals surface area contributed by atoms with E-state index < -0.39 is 5.97 Å². The Kier molecular flexibility index (Phi) is 7.97. The molecule has 2 aromatic rings. The van der Waals surface area contributed by atoms with Crippen molar-refractivity contribution < 1.29 is 19.4 Å². The third kappa shape index (κ3) is 4.84. The van der Waals surface area contributed by atoms with E-state index in [0.717, 1.165) is 5.56 Å². The Morgan fingerprint density at radius 2 is 1.25 bits per heavy atom. The number of methoxy groups -OCH3 is 2. The molecule has 2 rings (SSSR count). The van der Waals surface area contributed by atoms with Gasteiger partial charge in [0.25, 0.3) is 0 Å². The molecule has 1 N–H and O–H groups in total. The van der Waals surface area contributed by atoms with E-state index >= 15 is 0 Å². The van der Waals surface area contributed by atoms with Crippen LogP contribution in [-0.4, -0.2) is 25.3 Å². The summed E-state index contributed by atoms with van der Waals surface area (Å²) in [6.45, 7) is 1.87. The Hall–Kier alpha value is -1.33. The van der Waals surface area contributed by atoms with Gasteiger partial charge in [0, 0.05) is 10.6 Å². The molecule has 8 heteroatoms. The van der Waals surface area contributed by atoms with Crippen LogP contribution in [0.15, 0.2) is 24.3 Å². The summed E-state index contributed by atoms with van der Waals surface area (Å²) in [5.74, 6) is -0.426. The van der Waals surface area contributed by atoms with Crippen molar-refractivity contribution in [2.75, 3.05) is 14.2 Å². The fourth-order valence-corrected chi connectivity index (χ4v) is 2.71. The lowest BCUT2D eigenvalue weighted by molar-refractivity contribution is 0.0693. The van der Waals surface area contributed by atoms with Gasteiger partial charge < -0.3 is 14.6 Å². The molecule has 0 amide bonds. The van der Waals surface area contributed by atoms with Gasteiger partial charge in [-0.25, -0.2) is 4.79 Å². The SMILES string of the molecule is COc1c(Cl)ccc(Cl)c1C.COc1c(Cl)ccc(Cl)c1C(=O)O. The highest BCUT2D eigenvalue weighted by Crippen LogP contribution is 2.34. The summed E-state index contributed by atoms with van der Waals surface area (Å²) in [4.78, 5) is 10.7. The van der Waals surface area contributed by atoms with Gasteiger partial charge in [-0.05, 0) is 31.2 Å². The zero-order chi connectivity index (χ0) is 18.4. The summed E-state index contributed by atoms with van der Waals surface area (Å²) < 4.78 is 9.86. The molecule has 0 atom stereocenters. The van der Waals surface area contributed by atoms with Gasteiger partial charge in [-0.3, -0.25) is 0 Å². The summed E-state index contributed by atoms with van der Waals surface area (Å²) in [5.41, 5.74) is 0.762. The van der Waals surface area contributed by atoms with Crippen LogP contribution in [0.5, 0.6) is 11.5 Å². The van der Waals surface area contributed by atoms with E-state index in [0.29, 0.717) is 15.8 Å². The van der Waals surface area contributed by atoms with E-state index in [1.54, 1.807) is 19.2 Å². The second-order valence-electron chi connectivity index (χ2n) is 4.43. The lowest BCUT2D eigenvalue weighted by Gasteiger charge is -2.07. The maximum Gasteiger partial charge on any atom is 0.341 e. The first-order chi connectivity index (χ1) is 11.2. The average Bonchev–Trinajstić information content (AvgIpc) is 2.54. The van der Waals surface area contributed by atoms with Crippen molar-refractivity contribution in [2.24, 2.45) is 0 Å². The molecule has 0 aliphatic heterocycles. The third-order valence-corrected chi connectivity index (χ3v) is 4.29. The van der Waals surface area contributed by atoms with Crippen LogP contribution >= 0.6 is 46.4 Å². The van der Waals surface area contributed by atoms with Crippen molar-refractivity contribution >= 4 is 52.4 Å². The van der Waals surface area contributed by atoms with Crippen LogP contribution in [0.1, 0.15) is 15.9 Å². The van der Waals surface area contributed by atoms with Gasteiger partial charge in [0.1, 0.15) is 11.3 Å². The van der Waals surface area contributed by atoms with Crippen molar-refractivity contribution in [3.05, 3.63) is 55.5 Å². The second-order valence-corrected chi connectivity index (χ2v) is 6.06. The molecule has 0 unspecified atom stereocenters. The Morgan fingerprint density at radius 3 is 1.62 bits per heavy atom. The Morgan fingerprint density at radius 1 is 0.833 bits per heavy atom. The number of halogens is 4.